The van der Waals surface area contributed by atoms with Gasteiger partial charge >= 0.3 is 0 Å². The van der Waals surface area contributed by atoms with E-state index in [0.29, 0.717) is 0 Å². The minimum absolute atomic E-state index is 0.271. The molecule has 1 aromatic rings. The van der Waals surface area contributed by atoms with Gasteiger partial charge in [-0.05, 0) is 55.2 Å². The average molecular weight is 247 g/mol. The van der Waals surface area contributed by atoms with Crippen LogP contribution in [0.5, 0.6) is 5.75 Å². The Balaban J connectivity index is 2.01. The lowest BCUT2D eigenvalue weighted by Gasteiger charge is -2.14. The summed E-state index contributed by atoms with van der Waals surface area (Å²) >= 11 is 0. The molecule has 1 saturated carbocycles. The summed E-state index contributed by atoms with van der Waals surface area (Å²) in [5.41, 5.74) is 8.66. The number of benzene rings is 1. The highest BCUT2D eigenvalue weighted by Crippen LogP contribution is 2.30. The smallest absolute Gasteiger partial charge is 0.122 e. The van der Waals surface area contributed by atoms with Crippen molar-refractivity contribution >= 4 is 0 Å². The maximum Gasteiger partial charge on any atom is 0.122 e. The van der Waals surface area contributed by atoms with E-state index < -0.39 is 0 Å². The molecule has 1 unspecified atom stereocenters. The van der Waals surface area contributed by atoms with E-state index in [2.05, 4.69) is 32.0 Å². The molecule has 1 aromatic carbocycles. The van der Waals surface area contributed by atoms with E-state index in [9.17, 15) is 0 Å². The molecule has 0 spiro atoms. The third-order valence-electron chi connectivity index (χ3n) is 3.70. The van der Waals surface area contributed by atoms with Crippen molar-refractivity contribution in [1.82, 2.24) is 0 Å². The first kappa shape index (κ1) is 13.4. The lowest BCUT2D eigenvalue weighted by molar-refractivity contribution is 0.297. The SMILES string of the molecule is CCc1cc(CC(N)CC)ccc1OCC1CC1. The second-order valence-corrected chi connectivity index (χ2v) is 5.42. The van der Waals surface area contributed by atoms with Crippen molar-refractivity contribution < 1.29 is 4.74 Å². The van der Waals surface area contributed by atoms with Gasteiger partial charge in [-0.2, -0.15) is 0 Å². The van der Waals surface area contributed by atoms with Crippen LogP contribution in [0.15, 0.2) is 18.2 Å². The maximum atomic E-state index is 6.01. The molecule has 18 heavy (non-hydrogen) atoms. The Labute approximate surface area is 111 Å². The van der Waals surface area contributed by atoms with Crippen molar-refractivity contribution in [2.45, 2.75) is 52.0 Å². The fourth-order valence-electron chi connectivity index (χ4n) is 2.12. The lowest BCUT2D eigenvalue weighted by atomic mass is 10.0. The predicted molar refractivity (Wildman–Crippen MR) is 76.0 cm³/mol. The summed E-state index contributed by atoms with van der Waals surface area (Å²) in [5.74, 6) is 1.88. The van der Waals surface area contributed by atoms with Crippen LogP contribution in [0.1, 0.15) is 44.2 Å². The summed E-state index contributed by atoms with van der Waals surface area (Å²) in [5, 5.41) is 0. The van der Waals surface area contributed by atoms with Crippen molar-refractivity contribution in [2.75, 3.05) is 6.61 Å². The highest BCUT2D eigenvalue weighted by atomic mass is 16.5. The number of ether oxygens (including phenoxy) is 1. The minimum atomic E-state index is 0.271. The molecule has 1 aliphatic rings. The van der Waals surface area contributed by atoms with Gasteiger partial charge in [0.25, 0.3) is 0 Å². The molecule has 0 amide bonds. The van der Waals surface area contributed by atoms with Gasteiger partial charge in [-0.15, -0.1) is 0 Å². The van der Waals surface area contributed by atoms with Crippen LogP contribution in [-0.4, -0.2) is 12.6 Å². The molecule has 2 N–H and O–H groups in total. The zero-order chi connectivity index (χ0) is 13.0. The fraction of sp³-hybridized carbons (Fsp3) is 0.625. The van der Waals surface area contributed by atoms with Crippen molar-refractivity contribution in [2.24, 2.45) is 11.7 Å². The zero-order valence-corrected chi connectivity index (χ0v) is 11.6. The molecule has 0 bridgehead atoms. The van der Waals surface area contributed by atoms with Crippen LogP contribution in [0.25, 0.3) is 0 Å². The van der Waals surface area contributed by atoms with E-state index in [1.807, 2.05) is 0 Å². The number of hydrogen-bond donors (Lipinski definition) is 1. The highest BCUT2D eigenvalue weighted by molar-refractivity contribution is 5.37. The third kappa shape index (κ3) is 3.74. The summed E-state index contributed by atoms with van der Waals surface area (Å²) in [4.78, 5) is 0. The largest absolute Gasteiger partial charge is 0.493 e. The second-order valence-electron chi connectivity index (χ2n) is 5.42. The molecule has 0 aromatic heterocycles. The molecule has 0 radical (unpaired) electrons. The standard InChI is InChI=1S/C16H25NO/c1-3-14-9-13(10-15(17)4-2)7-8-16(14)18-11-12-5-6-12/h7-9,12,15H,3-6,10-11,17H2,1-2H3. The fourth-order valence-corrected chi connectivity index (χ4v) is 2.12. The molecule has 1 atom stereocenters. The Bertz CT molecular complexity index is 385. The normalized spacial score (nSPS) is 16.6. The Morgan fingerprint density at radius 1 is 1.33 bits per heavy atom. The molecule has 100 valence electrons. The van der Waals surface area contributed by atoms with E-state index in [1.165, 1.54) is 24.0 Å². The van der Waals surface area contributed by atoms with Crippen molar-refractivity contribution in [3.05, 3.63) is 29.3 Å². The third-order valence-corrected chi connectivity index (χ3v) is 3.70. The minimum Gasteiger partial charge on any atom is -0.493 e. The first-order valence-corrected chi connectivity index (χ1v) is 7.23. The molecular formula is C16H25NO. The lowest BCUT2D eigenvalue weighted by Crippen LogP contribution is -2.21. The summed E-state index contributed by atoms with van der Waals surface area (Å²) < 4.78 is 5.91. The number of rotatable bonds is 7. The van der Waals surface area contributed by atoms with Gasteiger partial charge in [0, 0.05) is 6.04 Å². The Hall–Kier alpha value is -1.02. The average Bonchev–Trinajstić information content (AvgIpc) is 3.21. The topological polar surface area (TPSA) is 35.2 Å². The first-order chi connectivity index (χ1) is 8.72. The molecule has 2 rings (SSSR count). The Kier molecular flexibility index (Phi) is 4.65. The van der Waals surface area contributed by atoms with Crippen LogP contribution in [0.4, 0.5) is 0 Å². The van der Waals surface area contributed by atoms with E-state index in [-0.39, 0.29) is 6.04 Å². The van der Waals surface area contributed by atoms with Gasteiger partial charge in [-0.3, -0.25) is 0 Å². The van der Waals surface area contributed by atoms with E-state index in [1.54, 1.807) is 0 Å². The molecule has 2 heteroatoms. The van der Waals surface area contributed by atoms with E-state index >= 15 is 0 Å². The van der Waals surface area contributed by atoms with Crippen LogP contribution in [0, 0.1) is 5.92 Å². The summed E-state index contributed by atoms with van der Waals surface area (Å²) in [6.45, 7) is 5.21. The van der Waals surface area contributed by atoms with Gasteiger partial charge in [0.2, 0.25) is 0 Å². The van der Waals surface area contributed by atoms with Crippen molar-refractivity contribution in [1.29, 1.82) is 0 Å². The quantitative estimate of drug-likeness (QED) is 0.802. The van der Waals surface area contributed by atoms with E-state index in [4.69, 9.17) is 10.5 Å². The molecule has 0 aliphatic heterocycles. The van der Waals surface area contributed by atoms with Crippen LogP contribution >= 0.6 is 0 Å². The monoisotopic (exact) mass is 247 g/mol. The second kappa shape index (κ2) is 6.24. The Morgan fingerprint density at radius 3 is 2.72 bits per heavy atom. The summed E-state index contributed by atoms with van der Waals surface area (Å²) in [6.07, 6.45) is 5.69. The number of hydrogen-bond acceptors (Lipinski definition) is 2. The highest BCUT2D eigenvalue weighted by Gasteiger charge is 2.22. The molecule has 1 aliphatic carbocycles. The van der Waals surface area contributed by atoms with Crippen molar-refractivity contribution in [3.8, 4) is 5.75 Å². The van der Waals surface area contributed by atoms with Gasteiger partial charge < -0.3 is 10.5 Å². The molecule has 0 saturated heterocycles. The molecular weight excluding hydrogens is 222 g/mol. The first-order valence-electron chi connectivity index (χ1n) is 7.23. The van der Waals surface area contributed by atoms with Crippen LogP contribution in [0.3, 0.4) is 0 Å². The van der Waals surface area contributed by atoms with Gasteiger partial charge in [0.15, 0.2) is 0 Å². The molecule has 0 heterocycles. The van der Waals surface area contributed by atoms with Crippen LogP contribution < -0.4 is 10.5 Å². The van der Waals surface area contributed by atoms with E-state index in [0.717, 1.165) is 37.5 Å². The number of aryl methyl sites for hydroxylation is 1. The van der Waals surface area contributed by atoms with Gasteiger partial charge in [-0.1, -0.05) is 26.0 Å². The maximum absolute atomic E-state index is 6.01. The zero-order valence-electron chi connectivity index (χ0n) is 11.6. The van der Waals surface area contributed by atoms with Gasteiger partial charge in [0.1, 0.15) is 5.75 Å². The molecule has 2 nitrogen and oxygen atoms in total. The Morgan fingerprint density at radius 2 is 2.11 bits per heavy atom. The predicted octanol–water partition coefficient (Wildman–Crippen LogP) is 3.32. The van der Waals surface area contributed by atoms with Crippen LogP contribution in [0.2, 0.25) is 0 Å². The number of nitrogens with two attached hydrogens (primary N) is 1. The van der Waals surface area contributed by atoms with Crippen LogP contribution in [-0.2, 0) is 12.8 Å². The van der Waals surface area contributed by atoms with Gasteiger partial charge in [-0.25, -0.2) is 0 Å². The summed E-state index contributed by atoms with van der Waals surface area (Å²) in [6, 6.07) is 6.82. The summed E-state index contributed by atoms with van der Waals surface area (Å²) in [7, 11) is 0. The van der Waals surface area contributed by atoms with Gasteiger partial charge in [0.05, 0.1) is 6.61 Å². The molecule has 1 fully saturated rings. The van der Waals surface area contributed by atoms with Crippen molar-refractivity contribution in [3.63, 3.8) is 0 Å².